The number of hydrogen-bond acceptors (Lipinski definition) is 2. The van der Waals surface area contributed by atoms with Crippen LogP contribution in [0.1, 0.15) is 76.4 Å². The molecule has 0 amide bonds. The van der Waals surface area contributed by atoms with E-state index in [1.54, 1.807) is 0 Å². The second kappa shape index (κ2) is 9.26. The van der Waals surface area contributed by atoms with E-state index in [0.717, 1.165) is 18.1 Å². The molecule has 0 saturated heterocycles. The van der Waals surface area contributed by atoms with Gasteiger partial charge in [-0.05, 0) is 13.3 Å². The van der Waals surface area contributed by atoms with Crippen molar-refractivity contribution in [2.45, 2.75) is 78.1 Å². The lowest BCUT2D eigenvalue weighted by atomic mass is 10.1. The first-order valence-electron chi connectivity index (χ1n) is 7.24. The molecule has 0 saturated carbocycles. The van der Waals surface area contributed by atoms with E-state index in [4.69, 9.17) is 4.42 Å². The third-order valence-corrected chi connectivity index (χ3v) is 3.16. The van der Waals surface area contributed by atoms with Gasteiger partial charge in [-0.15, -0.1) is 0 Å². The minimum atomic E-state index is 0.908. The SMILES string of the molecule is CCCCCCCCCCCc1ncc(C)o1. The summed E-state index contributed by atoms with van der Waals surface area (Å²) in [6, 6.07) is 0. The lowest BCUT2D eigenvalue weighted by Gasteiger charge is -2.00. The summed E-state index contributed by atoms with van der Waals surface area (Å²) in [5.74, 6) is 1.83. The van der Waals surface area contributed by atoms with Gasteiger partial charge in [-0.1, -0.05) is 58.3 Å². The first kappa shape index (κ1) is 14.3. The Balaban J connectivity index is 1.84. The highest BCUT2D eigenvalue weighted by molar-refractivity contribution is 4.90. The molecule has 0 aliphatic rings. The van der Waals surface area contributed by atoms with Crippen LogP contribution in [0.2, 0.25) is 0 Å². The second-order valence-corrected chi connectivity index (χ2v) is 4.94. The number of aryl methyl sites for hydroxylation is 2. The van der Waals surface area contributed by atoms with Gasteiger partial charge in [-0.2, -0.15) is 0 Å². The molecule has 0 radical (unpaired) electrons. The van der Waals surface area contributed by atoms with Gasteiger partial charge in [0.1, 0.15) is 5.76 Å². The average molecular weight is 237 g/mol. The number of nitrogens with zero attached hydrogens (tertiary/aromatic N) is 1. The molecule has 1 heterocycles. The Morgan fingerprint density at radius 3 is 2.06 bits per heavy atom. The predicted octanol–water partition coefficient (Wildman–Crippen LogP) is 5.06. The maximum absolute atomic E-state index is 5.44. The van der Waals surface area contributed by atoms with Gasteiger partial charge in [-0.3, -0.25) is 0 Å². The summed E-state index contributed by atoms with van der Waals surface area (Å²) >= 11 is 0. The van der Waals surface area contributed by atoms with Crippen LogP contribution in [0.25, 0.3) is 0 Å². The fourth-order valence-electron chi connectivity index (χ4n) is 2.10. The van der Waals surface area contributed by atoms with E-state index in [1.165, 1.54) is 57.8 Å². The highest BCUT2D eigenvalue weighted by Crippen LogP contribution is 2.11. The summed E-state index contributed by atoms with van der Waals surface area (Å²) in [7, 11) is 0. The number of unbranched alkanes of at least 4 members (excludes halogenated alkanes) is 8. The molecule has 0 aliphatic carbocycles. The molecule has 0 unspecified atom stereocenters. The molecule has 0 bridgehead atoms. The Kier molecular flexibility index (Phi) is 7.78. The number of rotatable bonds is 10. The third-order valence-electron chi connectivity index (χ3n) is 3.16. The Morgan fingerprint density at radius 1 is 0.941 bits per heavy atom. The van der Waals surface area contributed by atoms with E-state index in [-0.39, 0.29) is 0 Å². The molecule has 1 aromatic rings. The van der Waals surface area contributed by atoms with Crippen LogP contribution < -0.4 is 0 Å². The summed E-state index contributed by atoms with van der Waals surface area (Å²) in [5.41, 5.74) is 0. The van der Waals surface area contributed by atoms with Gasteiger partial charge in [-0.25, -0.2) is 4.98 Å². The van der Waals surface area contributed by atoms with Crippen LogP contribution in [-0.4, -0.2) is 4.98 Å². The van der Waals surface area contributed by atoms with Crippen LogP contribution in [0.15, 0.2) is 10.6 Å². The van der Waals surface area contributed by atoms with Crippen LogP contribution in [0, 0.1) is 6.92 Å². The highest BCUT2D eigenvalue weighted by Gasteiger charge is 1.99. The maximum atomic E-state index is 5.44. The summed E-state index contributed by atoms with van der Waals surface area (Å²) < 4.78 is 5.44. The minimum absolute atomic E-state index is 0.908. The first-order chi connectivity index (χ1) is 8.33. The summed E-state index contributed by atoms with van der Waals surface area (Å²) in [5, 5.41) is 0. The zero-order chi connectivity index (χ0) is 12.3. The van der Waals surface area contributed by atoms with E-state index in [0.29, 0.717) is 0 Å². The van der Waals surface area contributed by atoms with Gasteiger partial charge < -0.3 is 4.42 Å². The van der Waals surface area contributed by atoms with Gasteiger partial charge in [0.25, 0.3) is 0 Å². The highest BCUT2D eigenvalue weighted by atomic mass is 16.3. The van der Waals surface area contributed by atoms with Crippen molar-refractivity contribution in [1.29, 1.82) is 0 Å². The van der Waals surface area contributed by atoms with Crippen LogP contribution in [0.4, 0.5) is 0 Å². The number of oxazole rings is 1. The smallest absolute Gasteiger partial charge is 0.194 e. The maximum Gasteiger partial charge on any atom is 0.194 e. The Morgan fingerprint density at radius 2 is 1.53 bits per heavy atom. The zero-order valence-corrected chi connectivity index (χ0v) is 11.5. The zero-order valence-electron chi connectivity index (χ0n) is 11.5. The monoisotopic (exact) mass is 237 g/mol. The standard InChI is InChI=1S/C15H27NO/c1-3-4-5-6-7-8-9-10-11-12-15-16-13-14(2)17-15/h13H,3-12H2,1-2H3. The van der Waals surface area contributed by atoms with Crippen molar-refractivity contribution in [3.05, 3.63) is 17.8 Å². The van der Waals surface area contributed by atoms with Gasteiger partial charge in [0.05, 0.1) is 6.20 Å². The van der Waals surface area contributed by atoms with Gasteiger partial charge in [0, 0.05) is 6.42 Å². The Hall–Kier alpha value is -0.790. The molecule has 0 fully saturated rings. The van der Waals surface area contributed by atoms with Crippen molar-refractivity contribution in [3.8, 4) is 0 Å². The van der Waals surface area contributed by atoms with Crippen molar-refractivity contribution in [2.24, 2.45) is 0 Å². The summed E-state index contributed by atoms with van der Waals surface area (Å²) in [6.45, 7) is 4.22. The fourth-order valence-corrected chi connectivity index (χ4v) is 2.10. The third kappa shape index (κ3) is 7.19. The first-order valence-corrected chi connectivity index (χ1v) is 7.24. The molecule has 0 aliphatic heterocycles. The largest absolute Gasteiger partial charge is 0.446 e. The second-order valence-electron chi connectivity index (χ2n) is 4.94. The fraction of sp³-hybridized carbons (Fsp3) is 0.800. The molecule has 17 heavy (non-hydrogen) atoms. The molecular formula is C15H27NO. The van der Waals surface area contributed by atoms with Crippen molar-refractivity contribution in [2.75, 3.05) is 0 Å². The van der Waals surface area contributed by atoms with E-state index < -0.39 is 0 Å². The van der Waals surface area contributed by atoms with Crippen molar-refractivity contribution >= 4 is 0 Å². The topological polar surface area (TPSA) is 26.0 Å². The molecule has 2 nitrogen and oxygen atoms in total. The Labute approximate surface area is 106 Å². The van der Waals surface area contributed by atoms with Gasteiger partial charge in [0.2, 0.25) is 0 Å². The molecular weight excluding hydrogens is 210 g/mol. The number of aromatic nitrogens is 1. The molecule has 0 spiro atoms. The molecule has 1 rings (SSSR count). The van der Waals surface area contributed by atoms with Crippen LogP contribution in [0.3, 0.4) is 0 Å². The van der Waals surface area contributed by atoms with E-state index in [1.807, 2.05) is 13.1 Å². The van der Waals surface area contributed by atoms with Gasteiger partial charge >= 0.3 is 0 Å². The lowest BCUT2D eigenvalue weighted by molar-refractivity contribution is 0.457. The van der Waals surface area contributed by atoms with Crippen molar-refractivity contribution in [3.63, 3.8) is 0 Å². The van der Waals surface area contributed by atoms with Gasteiger partial charge in [0.15, 0.2) is 5.89 Å². The Bertz CT molecular complexity index is 280. The predicted molar refractivity (Wildman–Crippen MR) is 72.2 cm³/mol. The van der Waals surface area contributed by atoms with Crippen molar-refractivity contribution < 1.29 is 4.42 Å². The van der Waals surface area contributed by atoms with Crippen LogP contribution in [-0.2, 0) is 6.42 Å². The quantitative estimate of drug-likeness (QED) is 0.532. The van der Waals surface area contributed by atoms with E-state index in [9.17, 15) is 0 Å². The molecule has 0 aromatic carbocycles. The molecule has 0 atom stereocenters. The minimum Gasteiger partial charge on any atom is -0.446 e. The normalized spacial score (nSPS) is 10.9. The molecule has 1 aromatic heterocycles. The van der Waals surface area contributed by atoms with E-state index in [2.05, 4.69) is 11.9 Å². The van der Waals surface area contributed by atoms with Crippen molar-refractivity contribution in [1.82, 2.24) is 4.98 Å². The number of hydrogen-bond donors (Lipinski definition) is 0. The average Bonchev–Trinajstić information content (AvgIpc) is 2.73. The van der Waals surface area contributed by atoms with E-state index >= 15 is 0 Å². The molecule has 0 N–H and O–H groups in total. The lowest BCUT2D eigenvalue weighted by Crippen LogP contribution is -1.86. The summed E-state index contributed by atoms with van der Waals surface area (Å²) in [4.78, 5) is 4.22. The summed E-state index contributed by atoms with van der Waals surface area (Å²) in [6.07, 6.45) is 15.1. The molecule has 98 valence electrons. The van der Waals surface area contributed by atoms with Crippen LogP contribution in [0.5, 0.6) is 0 Å². The van der Waals surface area contributed by atoms with Crippen LogP contribution >= 0.6 is 0 Å². The molecule has 2 heteroatoms.